The second kappa shape index (κ2) is 4.49. The topological polar surface area (TPSA) is 58.4 Å². The highest BCUT2D eigenvalue weighted by atomic mass is 16.4. The monoisotopic (exact) mass is 237 g/mol. The van der Waals surface area contributed by atoms with Crippen LogP contribution in [0.4, 0.5) is 0 Å². The number of hydrogen-bond acceptors (Lipinski definition) is 3. The predicted octanol–water partition coefficient (Wildman–Crippen LogP) is 1.46. The lowest BCUT2D eigenvalue weighted by molar-refractivity contribution is 0.0695. The lowest BCUT2D eigenvalue weighted by Crippen LogP contribution is -2.32. The Morgan fingerprint density at radius 1 is 1.35 bits per heavy atom. The van der Waals surface area contributed by atoms with Crippen LogP contribution in [0.1, 0.15) is 40.6 Å². The van der Waals surface area contributed by atoms with Gasteiger partial charge in [0.25, 0.3) is 0 Å². The number of aryl methyl sites for hydroxylation is 1. The van der Waals surface area contributed by atoms with Crippen LogP contribution in [0.3, 0.4) is 0 Å². The average molecular weight is 237 g/mol. The summed E-state index contributed by atoms with van der Waals surface area (Å²) < 4.78 is 1.91. The highest BCUT2D eigenvalue weighted by Gasteiger charge is 2.24. The normalized spacial score (nSPS) is 18.5. The Kier molecular flexibility index (Phi) is 3.19. The number of carboxylic acid groups (broad SMARTS) is 1. The van der Waals surface area contributed by atoms with Crippen LogP contribution >= 0.6 is 0 Å². The molecule has 5 heteroatoms. The molecule has 0 saturated carbocycles. The molecule has 0 atom stereocenters. The standard InChI is InChI=1S/C12H19N3O2/c1-8-11(12(16)17)9(2)15(13-8)10-4-6-14(3)7-5-10/h10H,4-7H2,1-3H3,(H,16,17). The van der Waals surface area contributed by atoms with Crippen molar-refractivity contribution in [3.63, 3.8) is 0 Å². The lowest BCUT2D eigenvalue weighted by Gasteiger charge is -2.29. The number of aromatic carboxylic acids is 1. The maximum absolute atomic E-state index is 11.1. The molecule has 0 spiro atoms. The van der Waals surface area contributed by atoms with E-state index >= 15 is 0 Å². The van der Waals surface area contributed by atoms with Crippen LogP contribution in [-0.2, 0) is 0 Å². The average Bonchev–Trinajstić information content (AvgIpc) is 2.55. The van der Waals surface area contributed by atoms with Crippen molar-refractivity contribution in [2.45, 2.75) is 32.7 Å². The van der Waals surface area contributed by atoms with Gasteiger partial charge < -0.3 is 10.0 Å². The summed E-state index contributed by atoms with van der Waals surface area (Å²) in [4.78, 5) is 13.4. The zero-order chi connectivity index (χ0) is 12.6. The predicted molar refractivity (Wildman–Crippen MR) is 64.4 cm³/mol. The molecule has 1 aliphatic rings. The summed E-state index contributed by atoms with van der Waals surface area (Å²) in [6.45, 7) is 5.71. The van der Waals surface area contributed by atoms with Crippen molar-refractivity contribution < 1.29 is 9.90 Å². The van der Waals surface area contributed by atoms with Crippen molar-refractivity contribution in [1.29, 1.82) is 0 Å². The molecule has 2 heterocycles. The van der Waals surface area contributed by atoms with Gasteiger partial charge in [0.2, 0.25) is 0 Å². The minimum Gasteiger partial charge on any atom is -0.478 e. The van der Waals surface area contributed by atoms with E-state index in [2.05, 4.69) is 17.0 Å². The first-order valence-electron chi connectivity index (χ1n) is 5.98. The number of carboxylic acids is 1. The molecule has 0 aromatic carbocycles. The van der Waals surface area contributed by atoms with Crippen molar-refractivity contribution >= 4 is 5.97 Å². The maximum Gasteiger partial charge on any atom is 0.339 e. The van der Waals surface area contributed by atoms with Gasteiger partial charge in [-0.2, -0.15) is 5.10 Å². The van der Waals surface area contributed by atoms with E-state index in [0.717, 1.165) is 31.6 Å². The molecule has 0 aliphatic carbocycles. The van der Waals surface area contributed by atoms with Gasteiger partial charge in [0.15, 0.2) is 0 Å². The van der Waals surface area contributed by atoms with Gasteiger partial charge in [-0.3, -0.25) is 4.68 Å². The Bertz CT molecular complexity index is 431. The van der Waals surface area contributed by atoms with E-state index < -0.39 is 5.97 Å². The van der Waals surface area contributed by atoms with Gasteiger partial charge in [-0.05, 0) is 46.8 Å². The Labute approximate surface area is 101 Å². The number of aromatic nitrogens is 2. The second-order valence-corrected chi connectivity index (χ2v) is 4.83. The molecule has 1 saturated heterocycles. The summed E-state index contributed by atoms with van der Waals surface area (Å²) in [6, 6.07) is 0.345. The Morgan fingerprint density at radius 2 is 1.94 bits per heavy atom. The number of rotatable bonds is 2. The summed E-state index contributed by atoms with van der Waals surface area (Å²) in [5.41, 5.74) is 1.77. The summed E-state index contributed by atoms with van der Waals surface area (Å²) in [5.74, 6) is -0.876. The third kappa shape index (κ3) is 2.20. The van der Waals surface area contributed by atoms with E-state index in [0.29, 0.717) is 17.3 Å². The molecule has 0 bridgehead atoms. The molecule has 17 heavy (non-hydrogen) atoms. The molecule has 0 unspecified atom stereocenters. The summed E-state index contributed by atoms with van der Waals surface area (Å²) >= 11 is 0. The first-order valence-corrected chi connectivity index (χ1v) is 5.98. The third-order valence-corrected chi connectivity index (χ3v) is 3.57. The van der Waals surface area contributed by atoms with Gasteiger partial charge >= 0.3 is 5.97 Å². The SMILES string of the molecule is Cc1nn(C2CCN(C)CC2)c(C)c1C(=O)O. The van der Waals surface area contributed by atoms with Gasteiger partial charge in [-0.1, -0.05) is 0 Å². The molecule has 0 amide bonds. The van der Waals surface area contributed by atoms with Crippen LogP contribution in [0, 0.1) is 13.8 Å². The van der Waals surface area contributed by atoms with Crippen LogP contribution < -0.4 is 0 Å². The number of hydrogen-bond donors (Lipinski definition) is 1. The van der Waals surface area contributed by atoms with E-state index in [1.807, 2.05) is 11.6 Å². The molecule has 94 valence electrons. The molecular weight excluding hydrogens is 218 g/mol. The van der Waals surface area contributed by atoms with Crippen LogP contribution in [0.5, 0.6) is 0 Å². The number of piperidine rings is 1. The molecule has 1 N–H and O–H groups in total. The number of carbonyl (C=O) groups is 1. The minimum atomic E-state index is -0.876. The summed E-state index contributed by atoms with van der Waals surface area (Å²) in [6.07, 6.45) is 2.08. The largest absolute Gasteiger partial charge is 0.478 e. The van der Waals surface area contributed by atoms with Crippen LogP contribution in [-0.4, -0.2) is 45.9 Å². The van der Waals surface area contributed by atoms with Crippen molar-refractivity contribution in [2.75, 3.05) is 20.1 Å². The second-order valence-electron chi connectivity index (χ2n) is 4.83. The Morgan fingerprint density at radius 3 is 2.41 bits per heavy atom. The van der Waals surface area contributed by atoms with Gasteiger partial charge in [0.1, 0.15) is 5.56 Å². The number of nitrogens with zero attached hydrogens (tertiary/aromatic N) is 3. The van der Waals surface area contributed by atoms with E-state index in [-0.39, 0.29) is 0 Å². The van der Waals surface area contributed by atoms with E-state index in [1.165, 1.54) is 0 Å². The fourth-order valence-electron chi connectivity index (χ4n) is 2.57. The van der Waals surface area contributed by atoms with Gasteiger partial charge in [0.05, 0.1) is 17.4 Å². The smallest absolute Gasteiger partial charge is 0.339 e. The van der Waals surface area contributed by atoms with E-state index in [1.54, 1.807) is 6.92 Å². The van der Waals surface area contributed by atoms with Crippen LogP contribution in [0.15, 0.2) is 0 Å². The summed E-state index contributed by atoms with van der Waals surface area (Å²) in [5, 5.41) is 13.5. The third-order valence-electron chi connectivity index (χ3n) is 3.57. The van der Waals surface area contributed by atoms with Gasteiger partial charge in [-0.25, -0.2) is 4.79 Å². The zero-order valence-electron chi connectivity index (χ0n) is 10.6. The highest BCUT2D eigenvalue weighted by molar-refractivity contribution is 5.90. The van der Waals surface area contributed by atoms with Gasteiger partial charge in [-0.15, -0.1) is 0 Å². The minimum absolute atomic E-state index is 0.345. The Hall–Kier alpha value is -1.36. The molecule has 1 aliphatic heterocycles. The van der Waals surface area contributed by atoms with Gasteiger partial charge in [0, 0.05) is 0 Å². The number of likely N-dealkylation sites (tertiary alicyclic amines) is 1. The first-order chi connectivity index (χ1) is 8.00. The molecular formula is C12H19N3O2. The lowest BCUT2D eigenvalue weighted by atomic mass is 10.1. The van der Waals surface area contributed by atoms with E-state index in [4.69, 9.17) is 5.11 Å². The molecule has 1 fully saturated rings. The Balaban J connectivity index is 2.28. The van der Waals surface area contributed by atoms with Crippen molar-refractivity contribution in [3.8, 4) is 0 Å². The van der Waals surface area contributed by atoms with Crippen molar-refractivity contribution in [2.24, 2.45) is 0 Å². The van der Waals surface area contributed by atoms with E-state index in [9.17, 15) is 4.79 Å². The van der Waals surface area contributed by atoms with Crippen LogP contribution in [0.2, 0.25) is 0 Å². The molecule has 0 radical (unpaired) electrons. The molecule has 5 nitrogen and oxygen atoms in total. The zero-order valence-corrected chi connectivity index (χ0v) is 10.6. The quantitative estimate of drug-likeness (QED) is 0.846. The van der Waals surface area contributed by atoms with Crippen LogP contribution in [0.25, 0.3) is 0 Å². The summed E-state index contributed by atoms with van der Waals surface area (Å²) in [7, 11) is 2.11. The molecule has 2 rings (SSSR count). The fraction of sp³-hybridized carbons (Fsp3) is 0.667. The van der Waals surface area contributed by atoms with Crippen molar-refractivity contribution in [1.82, 2.24) is 14.7 Å². The fourth-order valence-corrected chi connectivity index (χ4v) is 2.57. The van der Waals surface area contributed by atoms with Crippen molar-refractivity contribution in [3.05, 3.63) is 17.0 Å². The first kappa shape index (κ1) is 12.1. The maximum atomic E-state index is 11.1. The molecule has 1 aromatic rings. The highest BCUT2D eigenvalue weighted by Crippen LogP contribution is 2.25. The molecule has 1 aromatic heterocycles.